The molecule has 1 saturated heterocycles. The van der Waals surface area contributed by atoms with Crippen molar-refractivity contribution in [3.8, 4) is 0 Å². The number of nitrogens with zero attached hydrogens (tertiary/aromatic N) is 4. The molecule has 0 aliphatic carbocycles. The number of hydrogen-bond donors (Lipinski definition) is 0. The molecule has 6 nitrogen and oxygen atoms in total. The SMILES string of the molecule is CC(=O)N1CCCC(c2ncc3c(n2)CCN(C(=O)Cc2ccc(F)cc2)C3)C1. The Hall–Kier alpha value is -2.83. The van der Waals surface area contributed by atoms with Crippen molar-refractivity contribution in [3.05, 3.63) is 58.9 Å². The summed E-state index contributed by atoms with van der Waals surface area (Å²) in [6.07, 6.45) is 4.75. The van der Waals surface area contributed by atoms with Crippen LogP contribution in [0.1, 0.15) is 48.3 Å². The van der Waals surface area contributed by atoms with Gasteiger partial charge in [-0.15, -0.1) is 0 Å². The highest BCUT2D eigenvalue weighted by molar-refractivity contribution is 5.79. The van der Waals surface area contributed by atoms with Gasteiger partial charge in [-0.05, 0) is 30.5 Å². The van der Waals surface area contributed by atoms with Gasteiger partial charge in [0.1, 0.15) is 11.6 Å². The highest BCUT2D eigenvalue weighted by atomic mass is 19.1. The summed E-state index contributed by atoms with van der Waals surface area (Å²) in [5.41, 5.74) is 2.79. The predicted molar refractivity (Wildman–Crippen MR) is 105 cm³/mol. The molecule has 0 N–H and O–H groups in total. The lowest BCUT2D eigenvalue weighted by atomic mass is 9.96. The summed E-state index contributed by atoms with van der Waals surface area (Å²) in [4.78, 5) is 37.4. The summed E-state index contributed by atoms with van der Waals surface area (Å²) in [5, 5.41) is 0. The van der Waals surface area contributed by atoms with Crippen LogP contribution in [0, 0.1) is 5.82 Å². The van der Waals surface area contributed by atoms with Crippen molar-refractivity contribution < 1.29 is 14.0 Å². The molecule has 1 aromatic heterocycles. The first kappa shape index (κ1) is 19.5. The van der Waals surface area contributed by atoms with Crippen LogP contribution in [0.3, 0.4) is 0 Å². The van der Waals surface area contributed by atoms with E-state index in [9.17, 15) is 14.0 Å². The van der Waals surface area contributed by atoms with Crippen LogP contribution in [-0.2, 0) is 29.0 Å². The number of carbonyl (C=O) groups is 2. The van der Waals surface area contributed by atoms with Gasteiger partial charge in [0.15, 0.2) is 0 Å². The van der Waals surface area contributed by atoms with Crippen LogP contribution in [0.15, 0.2) is 30.5 Å². The number of halogens is 1. The number of benzene rings is 1. The molecule has 2 aromatic rings. The molecule has 4 rings (SSSR count). The van der Waals surface area contributed by atoms with Gasteiger partial charge in [0, 0.05) is 57.2 Å². The standard InChI is InChI=1S/C22H25FN4O2/c1-15(28)26-9-2-3-17(13-26)22-24-12-18-14-27(10-8-20(18)25-22)21(29)11-16-4-6-19(23)7-5-16/h4-7,12,17H,2-3,8-11,13-14H2,1H3. The van der Waals surface area contributed by atoms with Crippen LogP contribution in [0.5, 0.6) is 0 Å². The molecule has 0 bridgehead atoms. The molecule has 0 spiro atoms. The lowest BCUT2D eigenvalue weighted by Crippen LogP contribution is -2.39. The maximum absolute atomic E-state index is 13.0. The maximum Gasteiger partial charge on any atom is 0.227 e. The van der Waals surface area contributed by atoms with Gasteiger partial charge in [-0.25, -0.2) is 14.4 Å². The number of amides is 2. The minimum absolute atomic E-state index is 0.0238. The first-order valence-corrected chi connectivity index (χ1v) is 10.1. The van der Waals surface area contributed by atoms with Gasteiger partial charge in [0.05, 0.1) is 12.1 Å². The Morgan fingerprint density at radius 3 is 2.72 bits per heavy atom. The topological polar surface area (TPSA) is 66.4 Å². The van der Waals surface area contributed by atoms with E-state index in [0.29, 0.717) is 26.1 Å². The number of fused-ring (bicyclic) bond motifs is 1. The molecule has 2 aliphatic rings. The molecule has 1 aromatic carbocycles. The van der Waals surface area contributed by atoms with E-state index >= 15 is 0 Å². The Bertz CT molecular complexity index is 916. The van der Waals surface area contributed by atoms with Crippen LogP contribution in [-0.4, -0.2) is 51.2 Å². The van der Waals surface area contributed by atoms with Crippen molar-refractivity contribution >= 4 is 11.8 Å². The van der Waals surface area contributed by atoms with Gasteiger partial charge in [-0.1, -0.05) is 12.1 Å². The lowest BCUT2D eigenvalue weighted by Gasteiger charge is -2.32. The molecule has 0 radical (unpaired) electrons. The normalized spacial score (nSPS) is 19.0. The maximum atomic E-state index is 13.0. The van der Waals surface area contributed by atoms with Crippen molar-refractivity contribution in [2.75, 3.05) is 19.6 Å². The van der Waals surface area contributed by atoms with E-state index in [1.807, 2.05) is 16.0 Å². The Morgan fingerprint density at radius 1 is 1.17 bits per heavy atom. The number of carbonyl (C=O) groups excluding carboxylic acids is 2. The molecular weight excluding hydrogens is 371 g/mol. The van der Waals surface area contributed by atoms with Crippen LogP contribution < -0.4 is 0 Å². The molecule has 1 fully saturated rings. The average molecular weight is 396 g/mol. The van der Waals surface area contributed by atoms with Crippen molar-refractivity contribution in [2.45, 2.75) is 45.1 Å². The quantitative estimate of drug-likeness (QED) is 0.800. The molecule has 2 amide bonds. The van der Waals surface area contributed by atoms with E-state index in [0.717, 1.165) is 42.0 Å². The van der Waals surface area contributed by atoms with Gasteiger partial charge in [-0.3, -0.25) is 9.59 Å². The second-order valence-corrected chi connectivity index (χ2v) is 7.87. The molecule has 29 heavy (non-hydrogen) atoms. The van der Waals surface area contributed by atoms with Crippen molar-refractivity contribution in [2.24, 2.45) is 0 Å². The smallest absolute Gasteiger partial charge is 0.227 e. The van der Waals surface area contributed by atoms with Crippen LogP contribution in [0.25, 0.3) is 0 Å². The third-order valence-corrected chi connectivity index (χ3v) is 5.81. The predicted octanol–water partition coefficient (Wildman–Crippen LogP) is 2.47. The zero-order valence-electron chi connectivity index (χ0n) is 16.6. The molecule has 1 unspecified atom stereocenters. The Morgan fingerprint density at radius 2 is 1.97 bits per heavy atom. The monoisotopic (exact) mass is 396 g/mol. The zero-order valence-corrected chi connectivity index (χ0v) is 16.6. The van der Waals surface area contributed by atoms with E-state index in [4.69, 9.17) is 4.98 Å². The Balaban J connectivity index is 1.42. The van der Waals surface area contributed by atoms with Gasteiger partial charge in [0.2, 0.25) is 11.8 Å². The van der Waals surface area contributed by atoms with E-state index < -0.39 is 0 Å². The number of aromatic nitrogens is 2. The fourth-order valence-electron chi connectivity index (χ4n) is 4.10. The molecular formula is C22H25FN4O2. The zero-order chi connectivity index (χ0) is 20.4. The summed E-state index contributed by atoms with van der Waals surface area (Å²) >= 11 is 0. The number of likely N-dealkylation sites (tertiary alicyclic amines) is 1. The van der Waals surface area contributed by atoms with E-state index in [2.05, 4.69) is 4.98 Å². The van der Waals surface area contributed by atoms with Gasteiger partial charge in [0.25, 0.3) is 0 Å². The largest absolute Gasteiger partial charge is 0.342 e. The third-order valence-electron chi connectivity index (χ3n) is 5.81. The van der Waals surface area contributed by atoms with Crippen molar-refractivity contribution in [1.82, 2.24) is 19.8 Å². The minimum Gasteiger partial charge on any atom is -0.342 e. The van der Waals surface area contributed by atoms with Crippen molar-refractivity contribution in [3.63, 3.8) is 0 Å². The first-order chi connectivity index (χ1) is 14.0. The molecule has 3 heterocycles. The van der Waals surface area contributed by atoms with Crippen LogP contribution in [0.2, 0.25) is 0 Å². The highest BCUT2D eigenvalue weighted by Gasteiger charge is 2.27. The molecule has 2 aliphatic heterocycles. The fraction of sp³-hybridized carbons (Fsp3) is 0.455. The summed E-state index contributed by atoms with van der Waals surface area (Å²) in [7, 11) is 0. The van der Waals surface area contributed by atoms with Gasteiger partial charge >= 0.3 is 0 Å². The van der Waals surface area contributed by atoms with E-state index in [-0.39, 0.29) is 30.0 Å². The van der Waals surface area contributed by atoms with E-state index in [1.165, 1.54) is 12.1 Å². The van der Waals surface area contributed by atoms with Crippen molar-refractivity contribution in [1.29, 1.82) is 0 Å². The number of piperidine rings is 1. The Kier molecular flexibility index (Phi) is 5.56. The molecule has 1 atom stereocenters. The summed E-state index contributed by atoms with van der Waals surface area (Å²) < 4.78 is 13.0. The summed E-state index contributed by atoms with van der Waals surface area (Å²) in [6.45, 7) is 4.21. The highest BCUT2D eigenvalue weighted by Crippen LogP contribution is 2.26. The fourth-order valence-corrected chi connectivity index (χ4v) is 4.10. The van der Waals surface area contributed by atoms with E-state index in [1.54, 1.807) is 19.1 Å². The molecule has 152 valence electrons. The van der Waals surface area contributed by atoms with Gasteiger partial charge < -0.3 is 9.80 Å². The van der Waals surface area contributed by atoms with Gasteiger partial charge in [-0.2, -0.15) is 0 Å². The average Bonchev–Trinajstić information content (AvgIpc) is 2.74. The van der Waals surface area contributed by atoms with Crippen LogP contribution in [0.4, 0.5) is 4.39 Å². The summed E-state index contributed by atoms with van der Waals surface area (Å²) in [6, 6.07) is 6.05. The second-order valence-electron chi connectivity index (χ2n) is 7.87. The number of hydrogen-bond acceptors (Lipinski definition) is 4. The molecule has 7 heteroatoms. The Labute approximate surface area is 169 Å². The number of rotatable bonds is 3. The lowest BCUT2D eigenvalue weighted by molar-refractivity contribution is -0.131. The third kappa shape index (κ3) is 4.44. The summed E-state index contributed by atoms with van der Waals surface area (Å²) in [5.74, 6) is 0.806. The molecule has 0 saturated carbocycles. The second kappa shape index (κ2) is 8.27. The first-order valence-electron chi connectivity index (χ1n) is 10.1. The van der Waals surface area contributed by atoms with Crippen LogP contribution >= 0.6 is 0 Å². The minimum atomic E-state index is -0.301.